The second-order valence-corrected chi connectivity index (χ2v) is 8.02. The number of fused-ring (bicyclic) bond motifs is 1. The Morgan fingerprint density at radius 1 is 1.38 bits per heavy atom. The van der Waals surface area contributed by atoms with Crippen LogP contribution in [0.1, 0.15) is 62.4 Å². The van der Waals surface area contributed by atoms with E-state index in [9.17, 15) is 5.11 Å². The molecule has 2 aliphatic rings. The Morgan fingerprint density at radius 2 is 2.24 bits per heavy atom. The Balaban J connectivity index is 1.63. The number of hydrogen-bond donors (Lipinski definition) is 1. The van der Waals surface area contributed by atoms with Crippen LogP contribution in [0.3, 0.4) is 0 Å². The predicted molar refractivity (Wildman–Crippen MR) is 89.8 cm³/mol. The van der Waals surface area contributed by atoms with Crippen molar-refractivity contribution in [2.24, 2.45) is 11.8 Å². The summed E-state index contributed by atoms with van der Waals surface area (Å²) >= 11 is 1.91. The number of aliphatic hydroxyl groups excluding tert-OH is 1. The molecule has 21 heavy (non-hydrogen) atoms. The number of thiophene rings is 1. The summed E-state index contributed by atoms with van der Waals surface area (Å²) in [6.07, 6.45) is 7.22. The third kappa shape index (κ3) is 3.35. The predicted octanol–water partition coefficient (Wildman–Crippen LogP) is 4.24. The van der Waals surface area contributed by atoms with Crippen LogP contribution in [0, 0.1) is 11.8 Å². The zero-order chi connectivity index (χ0) is 14.8. The Bertz CT molecular complexity index is 458. The number of nitrogens with zero attached hydrogens (tertiary/aromatic N) is 1. The monoisotopic (exact) mass is 307 g/mol. The standard InChI is InChI=1S/C18H29NOS/c1-3-4-14-5-6-17(20)15(11-14)12-19-9-7-18-16(13(19)2)8-10-21-18/h8,10,13-15,17,20H,3-7,9,11-12H2,1-2H3. The van der Waals surface area contributed by atoms with Gasteiger partial charge in [-0.2, -0.15) is 0 Å². The number of aliphatic hydroxyl groups is 1. The highest BCUT2D eigenvalue weighted by atomic mass is 32.1. The molecule has 1 aromatic rings. The molecule has 2 heterocycles. The van der Waals surface area contributed by atoms with Crippen LogP contribution in [0.15, 0.2) is 11.4 Å². The first-order valence-electron chi connectivity index (χ1n) is 8.67. The molecular weight excluding hydrogens is 278 g/mol. The summed E-state index contributed by atoms with van der Waals surface area (Å²) in [4.78, 5) is 4.18. The van der Waals surface area contributed by atoms with Crippen molar-refractivity contribution in [3.63, 3.8) is 0 Å². The molecule has 118 valence electrons. The van der Waals surface area contributed by atoms with Gasteiger partial charge in [0.15, 0.2) is 0 Å². The third-order valence-electron chi connectivity index (χ3n) is 5.62. The second-order valence-electron chi connectivity index (χ2n) is 7.02. The van der Waals surface area contributed by atoms with Gasteiger partial charge in [-0.3, -0.25) is 4.90 Å². The van der Waals surface area contributed by atoms with Crippen molar-refractivity contribution < 1.29 is 5.11 Å². The van der Waals surface area contributed by atoms with Crippen LogP contribution in [-0.2, 0) is 6.42 Å². The van der Waals surface area contributed by atoms with E-state index in [1.807, 2.05) is 11.3 Å². The minimum absolute atomic E-state index is 0.0748. The van der Waals surface area contributed by atoms with E-state index < -0.39 is 0 Å². The highest BCUT2D eigenvalue weighted by Crippen LogP contribution is 2.37. The van der Waals surface area contributed by atoms with Crippen molar-refractivity contribution in [1.82, 2.24) is 4.90 Å². The van der Waals surface area contributed by atoms with E-state index in [0.29, 0.717) is 12.0 Å². The van der Waals surface area contributed by atoms with Crippen molar-refractivity contribution in [1.29, 1.82) is 0 Å². The molecule has 1 aromatic heterocycles. The van der Waals surface area contributed by atoms with Crippen LogP contribution in [0.5, 0.6) is 0 Å². The zero-order valence-electron chi connectivity index (χ0n) is 13.4. The second kappa shape index (κ2) is 6.80. The molecular formula is C18H29NOS. The van der Waals surface area contributed by atoms with Crippen LogP contribution in [0.25, 0.3) is 0 Å². The van der Waals surface area contributed by atoms with Crippen molar-refractivity contribution >= 4 is 11.3 Å². The fourth-order valence-electron chi connectivity index (χ4n) is 4.32. The van der Waals surface area contributed by atoms with E-state index in [0.717, 1.165) is 25.4 Å². The van der Waals surface area contributed by atoms with E-state index in [-0.39, 0.29) is 6.10 Å². The van der Waals surface area contributed by atoms with E-state index in [1.54, 1.807) is 4.88 Å². The largest absolute Gasteiger partial charge is 0.393 e. The maximum atomic E-state index is 10.4. The maximum Gasteiger partial charge on any atom is 0.0580 e. The van der Waals surface area contributed by atoms with Gasteiger partial charge in [0.2, 0.25) is 0 Å². The molecule has 2 nitrogen and oxygen atoms in total. The van der Waals surface area contributed by atoms with E-state index in [1.165, 1.54) is 37.7 Å². The molecule has 1 fully saturated rings. The molecule has 3 rings (SSSR count). The maximum absolute atomic E-state index is 10.4. The van der Waals surface area contributed by atoms with Gasteiger partial charge in [-0.15, -0.1) is 11.3 Å². The SMILES string of the molecule is CCCC1CCC(O)C(CN2CCc3sccc3C2C)C1. The summed E-state index contributed by atoms with van der Waals surface area (Å²) < 4.78 is 0. The lowest BCUT2D eigenvalue weighted by molar-refractivity contribution is 0.0171. The Hall–Kier alpha value is -0.380. The first-order chi connectivity index (χ1) is 10.2. The zero-order valence-corrected chi connectivity index (χ0v) is 14.2. The van der Waals surface area contributed by atoms with Gasteiger partial charge in [0.1, 0.15) is 0 Å². The van der Waals surface area contributed by atoms with Crippen molar-refractivity contribution in [3.8, 4) is 0 Å². The molecule has 0 saturated heterocycles. The summed E-state index contributed by atoms with van der Waals surface area (Å²) in [7, 11) is 0. The smallest absolute Gasteiger partial charge is 0.0580 e. The first kappa shape index (κ1) is 15.5. The van der Waals surface area contributed by atoms with Gasteiger partial charge in [0, 0.05) is 24.0 Å². The Kier molecular flexibility index (Phi) is 5.03. The van der Waals surface area contributed by atoms with Gasteiger partial charge in [0.05, 0.1) is 6.10 Å². The summed E-state index contributed by atoms with van der Waals surface area (Å²) in [5.41, 5.74) is 1.53. The highest BCUT2D eigenvalue weighted by molar-refractivity contribution is 7.10. The normalized spacial score (nSPS) is 33.9. The first-order valence-corrected chi connectivity index (χ1v) is 9.55. The van der Waals surface area contributed by atoms with Gasteiger partial charge in [-0.1, -0.05) is 19.8 Å². The van der Waals surface area contributed by atoms with Crippen LogP contribution in [0.2, 0.25) is 0 Å². The lowest BCUT2D eigenvalue weighted by atomic mass is 9.77. The van der Waals surface area contributed by atoms with Crippen LogP contribution in [-0.4, -0.2) is 29.2 Å². The quantitative estimate of drug-likeness (QED) is 0.899. The number of hydrogen-bond acceptors (Lipinski definition) is 3. The summed E-state index contributed by atoms with van der Waals surface area (Å²) in [6.45, 7) is 6.86. The van der Waals surface area contributed by atoms with Crippen molar-refractivity contribution in [2.75, 3.05) is 13.1 Å². The van der Waals surface area contributed by atoms with Gasteiger partial charge in [-0.25, -0.2) is 0 Å². The lowest BCUT2D eigenvalue weighted by Gasteiger charge is -2.40. The summed E-state index contributed by atoms with van der Waals surface area (Å²) in [5.74, 6) is 1.33. The third-order valence-corrected chi connectivity index (χ3v) is 6.62. The minimum Gasteiger partial charge on any atom is -0.393 e. The molecule has 0 aromatic carbocycles. The van der Waals surface area contributed by atoms with Crippen molar-refractivity contribution in [2.45, 2.75) is 64.5 Å². The van der Waals surface area contributed by atoms with Crippen LogP contribution in [0.4, 0.5) is 0 Å². The van der Waals surface area contributed by atoms with E-state index in [2.05, 4.69) is 30.2 Å². The average Bonchev–Trinajstić information content (AvgIpc) is 2.95. The molecule has 1 N–H and O–H groups in total. The molecule has 1 aliphatic carbocycles. The van der Waals surface area contributed by atoms with Gasteiger partial charge in [-0.05, 0) is 61.5 Å². The minimum atomic E-state index is -0.0748. The molecule has 1 saturated carbocycles. The molecule has 3 heteroatoms. The Labute approximate surface area is 133 Å². The van der Waals surface area contributed by atoms with Gasteiger partial charge < -0.3 is 5.11 Å². The average molecular weight is 308 g/mol. The molecule has 0 spiro atoms. The molecule has 0 bridgehead atoms. The van der Waals surface area contributed by atoms with E-state index in [4.69, 9.17) is 0 Å². The van der Waals surface area contributed by atoms with Crippen LogP contribution >= 0.6 is 11.3 Å². The molecule has 4 atom stereocenters. The lowest BCUT2D eigenvalue weighted by Crippen LogP contribution is -2.42. The molecule has 0 amide bonds. The van der Waals surface area contributed by atoms with Gasteiger partial charge in [0.25, 0.3) is 0 Å². The summed E-state index contributed by atoms with van der Waals surface area (Å²) in [6, 6.07) is 2.83. The topological polar surface area (TPSA) is 23.5 Å². The summed E-state index contributed by atoms with van der Waals surface area (Å²) in [5, 5.41) is 12.6. The molecule has 0 radical (unpaired) electrons. The fraction of sp³-hybridized carbons (Fsp3) is 0.778. The van der Waals surface area contributed by atoms with Crippen LogP contribution < -0.4 is 0 Å². The molecule has 1 aliphatic heterocycles. The van der Waals surface area contributed by atoms with Crippen molar-refractivity contribution in [3.05, 3.63) is 21.9 Å². The fourth-order valence-corrected chi connectivity index (χ4v) is 5.29. The molecule has 4 unspecified atom stereocenters. The van der Waals surface area contributed by atoms with E-state index >= 15 is 0 Å². The highest BCUT2D eigenvalue weighted by Gasteiger charge is 2.33. The van der Waals surface area contributed by atoms with Gasteiger partial charge >= 0.3 is 0 Å². The number of rotatable bonds is 4. The Morgan fingerprint density at radius 3 is 3.05 bits per heavy atom.